The minimum atomic E-state index is 0.404. The van der Waals surface area contributed by atoms with Crippen molar-refractivity contribution in [1.82, 2.24) is 30.6 Å². The smallest absolute Gasteiger partial charge is 0.206 e. The molecule has 3 aromatic rings. The minimum Gasteiger partial charge on any atom is -0.315 e. The third-order valence-corrected chi connectivity index (χ3v) is 2.36. The zero-order valence-electron chi connectivity index (χ0n) is 8.15. The van der Waals surface area contributed by atoms with E-state index in [2.05, 4.69) is 45.2 Å². The number of fused-ring (bicyclic) bond motifs is 5. The molecule has 1 aliphatic rings. The second-order valence-electron chi connectivity index (χ2n) is 3.30. The second-order valence-corrected chi connectivity index (χ2v) is 3.30. The molecule has 4 heterocycles. The van der Waals surface area contributed by atoms with Crippen LogP contribution in [0.15, 0.2) is 21.7 Å². The van der Waals surface area contributed by atoms with E-state index in [9.17, 15) is 0 Å². The Morgan fingerprint density at radius 2 is 1.24 bits per heavy atom. The van der Waals surface area contributed by atoms with Gasteiger partial charge in [0.15, 0.2) is 11.4 Å². The molecule has 0 aromatic carbocycles. The third kappa shape index (κ3) is 1.02. The van der Waals surface area contributed by atoms with Crippen molar-refractivity contribution >= 4 is 11.6 Å². The summed E-state index contributed by atoms with van der Waals surface area (Å²) in [5.74, 6) is 0.808. The highest BCUT2D eigenvalue weighted by Gasteiger charge is 2.28. The average Bonchev–Trinajstić information content (AvgIpc) is 2.97. The molecule has 0 spiro atoms. The predicted molar refractivity (Wildman–Crippen MR) is 51.9 cm³/mol. The van der Waals surface area contributed by atoms with Gasteiger partial charge in [0, 0.05) is 12.4 Å². The van der Waals surface area contributed by atoms with Gasteiger partial charge in [0.05, 0.1) is 0 Å². The number of hydrogen-bond donors (Lipinski definition) is 1. The highest BCUT2D eigenvalue weighted by atomic mass is 16.6. The van der Waals surface area contributed by atoms with Crippen molar-refractivity contribution in [1.29, 1.82) is 0 Å². The Bertz CT molecular complexity index is 644. The van der Waals surface area contributed by atoms with Crippen molar-refractivity contribution in [2.24, 2.45) is 0 Å². The van der Waals surface area contributed by atoms with Gasteiger partial charge in [0.1, 0.15) is 11.4 Å². The number of nitrogens with zero attached hydrogens (tertiary/aromatic N) is 6. The molecule has 0 amide bonds. The molecule has 9 heteroatoms. The molecular weight excluding hydrogens is 226 g/mol. The molecule has 9 nitrogen and oxygen atoms in total. The van der Waals surface area contributed by atoms with Crippen molar-refractivity contribution < 1.29 is 9.26 Å². The SMILES string of the molecule is c1cnc2c(n1)-c1nonc1Nc1nonc1-2. The van der Waals surface area contributed by atoms with Crippen LogP contribution in [0.3, 0.4) is 0 Å². The summed E-state index contributed by atoms with van der Waals surface area (Å²) in [6, 6.07) is 0. The number of hydrogen-bond acceptors (Lipinski definition) is 9. The van der Waals surface area contributed by atoms with Crippen LogP contribution in [0.25, 0.3) is 22.8 Å². The van der Waals surface area contributed by atoms with Gasteiger partial charge in [-0.15, -0.1) is 0 Å². The summed E-state index contributed by atoms with van der Waals surface area (Å²) in [7, 11) is 0. The number of anilines is 2. The largest absolute Gasteiger partial charge is 0.315 e. The molecule has 0 atom stereocenters. The van der Waals surface area contributed by atoms with Gasteiger partial charge in [-0.25, -0.2) is 9.26 Å². The summed E-state index contributed by atoms with van der Waals surface area (Å²) in [6.07, 6.45) is 3.10. The normalized spacial score (nSPS) is 12.0. The van der Waals surface area contributed by atoms with E-state index in [0.717, 1.165) is 0 Å². The molecule has 3 aromatic heterocycles. The van der Waals surface area contributed by atoms with Crippen LogP contribution < -0.4 is 5.32 Å². The average molecular weight is 229 g/mol. The van der Waals surface area contributed by atoms with Crippen molar-refractivity contribution in [2.75, 3.05) is 5.32 Å². The van der Waals surface area contributed by atoms with Gasteiger partial charge in [-0.3, -0.25) is 9.97 Å². The molecule has 4 rings (SSSR count). The van der Waals surface area contributed by atoms with Crippen molar-refractivity contribution in [3.8, 4) is 22.8 Å². The lowest BCUT2D eigenvalue weighted by Crippen LogP contribution is -1.91. The standard InChI is InChI=1S/C8H3N7O2/c1-2-10-4-3(9-1)5-7(14-16-12-5)11-8-6(4)13-17-15-8/h1-2H,(H,11,14,15). The van der Waals surface area contributed by atoms with Gasteiger partial charge in [-0.05, 0) is 20.6 Å². The monoisotopic (exact) mass is 229 g/mol. The first kappa shape index (κ1) is 8.33. The van der Waals surface area contributed by atoms with E-state index < -0.39 is 0 Å². The molecular formula is C8H3N7O2. The van der Waals surface area contributed by atoms with Crippen molar-refractivity contribution in [2.45, 2.75) is 0 Å². The van der Waals surface area contributed by atoms with Gasteiger partial charge < -0.3 is 5.32 Å². The number of nitrogens with one attached hydrogen (secondary N) is 1. The first-order valence-electron chi connectivity index (χ1n) is 4.67. The molecule has 1 aliphatic heterocycles. The van der Waals surface area contributed by atoms with Crippen LogP contribution in [0, 0.1) is 0 Å². The lowest BCUT2D eigenvalue weighted by Gasteiger charge is -1.97. The first-order valence-corrected chi connectivity index (χ1v) is 4.67. The van der Waals surface area contributed by atoms with Crippen LogP contribution in [0.5, 0.6) is 0 Å². The highest BCUT2D eigenvalue weighted by molar-refractivity contribution is 5.88. The van der Waals surface area contributed by atoms with E-state index in [-0.39, 0.29) is 0 Å². The Hall–Kier alpha value is -2.84. The minimum absolute atomic E-state index is 0.404. The van der Waals surface area contributed by atoms with Crippen molar-refractivity contribution in [3.05, 3.63) is 12.4 Å². The Kier molecular flexibility index (Phi) is 1.39. The molecule has 0 saturated heterocycles. The molecule has 0 saturated carbocycles. The topological polar surface area (TPSA) is 116 Å². The van der Waals surface area contributed by atoms with Crippen LogP contribution >= 0.6 is 0 Å². The van der Waals surface area contributed by atoms with E-state index in [0.29, 0.717) is 34.4 Å². The molecule has 82 valence electrons. The van der Waals surface area contributed by atoms with Crippen LogP contribution in [0.1, 0.15) is 0 Å². The summed E-state index contributed by atoms with van der Waals surface area (Å²) in [5.41, 5.74) is 1.97. The summed E-state index contributed by atoms with van der Waals surface area (Å²) in [5, 5.41) is 17.9. The molecule has 0 bridgehead atoms. The summed E-state index contributed by atoms with van der Waals surface area (Å²) in [4.78, 5) is 8.39. The molecule has 0 aliphatic carbocycles. The van der Waals surface area contributed by atoms with E-state index in [1.54, 1.807) is 12.4 Å². The fraction of sp³-hybridized carbons (Fsp3) is 0. The second kappa shape index (κ2) is 2.84. The van der Waals surface area contributed by atoms with Gasteiger partial charge in [0.2, 0.25) is 11.6 Å². The van der Waals surface area contributed by atoms with Gasteiger partial charge in [0.25, 0.3) is 0 Å². The maximum Gasteiger partial charge on any atom is 0.206 e. The lowest BCUT2D eigenvalue weighted by atomic mass is 10.2. The van der Waals surface area contributed by atoms with E-state index in [4.69, 9.17) is 0 Å². The summed E-state index contributed by atoms with van der Waals surface area (Å²) >= 11 is 0. The Labute approximate surface area is 92.8 Å². The fourth-order valence-corrected chi connectivity index (χ4v) is 1.65. The quantitative estimate of drug-likeness (QED) is 0.463. The zero-order chi connectivity index (χ0) is 11.2. The maximum absolute atomic E-state index is 4.66. The molecule has 1 N–H and O–H groups in total. The van der Waals surface area contributed by atoms with E-state index in [1.807, 2.05) is 0 Å². The molecule has 0 unspecified atom stereocenters. The van der Waals surface area contributed by atoms with Crippen molar-refractivity contribution in [3.63, 3.8) is 0 Å². The van der Waals surface area contributed by atoms with E-state index >= 15 is 0 Å². The van der Waals surface area contributed by atoms with E-state index in [1.165, 1.54) is 0 Å². The van der Waals surface area contributed by atoms with Crippen LogP contribution in [-0.2, 0) is 0 Å². The van der Waals surface area contributed by atoms with Gasteiger partial charge in [-0.1, -0.05) is 0 Å². The third-order valence-electron chi connectivity index (χ3n) is 2.36. The highest BCUT2D eigenvalue weighted by Crippen LogP contribution is 2.37. The fourth-order valence-electron chi connectivity index (χ4n) is 1.65. The summed E-state index contributed by atoms with van der Waals surface area (Å²) in [6.45, 7) is 0. The molecule has 0 fully saturated rings. The van der Waals surface area contributed by atoms with Crippen LogP contribution in [-0.4, -0.2) is 30.6 Å². The van der Waals surface area contributed by atoms with Crippen LogP contribution in [0.2, 0.25) is 0 Å². The number of rotatable bonds is 0. The van der Waals surface area contributed by atoms with Gasteiger partial charge >= 0.3 is 0 Å². The first-order chi connectivity index (χ1) is 8.43. The Balaban J connectivity index is 2.14. The zero-order valence-corrected chi connectivity index (χ0v) is 8.15. The lowest BCUT2D eigenvalue weighted by molar-refractivity contribution is 0.308. The molecule has 17 heavy (non-hydrogen) atoms. The predicted octanol–water partition coefficient (Wildman–Crippen LogP) is 0.634. The Morgan fingerprint density at radius 3 is 1.76 bits per heavy atom. The number of aromatic nitrogens is 6. The maximum atomic E-state index is 4.66. The van der Waals surface area contributed by atoms with Gasteiger partial charge in [-0.2, -0.15) is 0 Å². The molecule has 0 radical (unpaired) electrons. The summed E-state index contributed by atoms with van der Waals surface area (Å²) < 4.78 is 9.32. The Morgan fingerprint density at radius 1 is 0.706 bits per heavy atom. The van der Waals surface area contributed by atoms with Crippen LogP contribution in [0.4, 0.5) is 11.6 Å².